The lowest BCUT2D eigenvalue weighted by Crippen LogP contribution is -2.02. The van der Waals surface area contributed by atoms with E-state index >= 15 is 0 Å². The highest BCUT2D eigenvalue weighted by Crippen LogP contribution is 2.08. The van der Waals surface area contributed by atoms with Gasteiger partial charge in [0.2, 0.25) is 11.9 Å². The van der Waals surface area contributed by atoms with Crippen molar-refractivity contribution in [3.63, 3.8) is 0 Å². The molecule has 2 rings (SSSR count). The van der Waals surface area contributed by atoms with E-state index in [2.05, 4.69) is 19.9 Å². The van der Waals surface area contributed by atoms with E-state index < -0.39 is 0 Å². The number of rotatable bonds is 0. The van der Waals surface area contributed by atoms with Crippen LogP contribution in [0.2, 0.25) is 0 Å². The zero-order valence-corrected chi connectivity index (χ0v) is 9.91. The molecule has 0 atom stereocenters. The van der Waals surface area contributed by atoms with Crippen molar-refractivity contribution in [2.45, 2.75) is 0 Å². The first kappa shape index (κ1) is 15.9. The Morgan fingerprint density at radius 3 is 1.16 bits per heavy atom. The molecule has 0 aliphatic carbocycles. The standard InChI is InChI=1S/2C4H7N5.H2O/c2*5-2-1-8-4(7)9-3(2)6;/h2*1H,5H2,(H4,6,7,8,9);1H2. The molecule has 0 fully saturated rings. The van der Waals surface area contributed by atoms with E-state index in [1.54, 1.807) is 0 Å². The molecule has 104 valence electrons. The van der Waals surface area contributed by atoms with Gasteiger partial charge in [-0.15, -0.1) is 0 Å². The van der Waals surface area contributed by atoms with E-state index in [4.69, 9.17) is 34.4 Å². The number of aromatic nitrogens is 4. The summed E-state index contributed by atoms with van der Waals surface area (Å²) in [5, 5.41) is 0. The zero-order chi connectivity index (χ0) is 13.7. The topological polar surface area (TPSA) is 239 Å². The van der Waals surface area contributed by atoms with Crippen molar-refractivity contribution in [1.29, 1.82) is 0 Å². The summed E-state index contributed by atoms with van der Waals surface area (Å²) in [4.78, 5) is 14.4. The number of anilines is 6. The van der Waals surface area contributed by atoms with Crippen molar-refractivity contribution in [3.05, 3.63) is 12.4 Å². The van der Waals surface area contributed by atoms with Gasteiger partial charge in [-0.25, -0.2) is 9.97 Å². The molecule has 0 saturated carbocycles. The summed E-state index contributed by atoms with van der Waals surface area (Å²) >= 11 is 0. The van der Waals surface area contributed by atoms with Gasteiger partial charge in [0.1, 0.15) is 0 Å². The Morgan fingerprint density at radius 1 is 0.632 bits per heavy atom. The van der Waals surface area contributed by atoms with E-state index in [-0.39, 0.29) is 29.0 Å². The minimum atomic E-state index is 0. The Hall–Kier alpha value is -3.08. The third-order valence-electron chi connectivity index (χ3n) is 1.73. The minimum Gasteiger partial charge on any atom is -0.412 e. The summed E-state index contributed by atoms with van der Waals surface area (Å²) in [5.41, 5.74) is 32.1. The molecular formula is C8H16N10O. The summed E-state index contributed by atoms with van der Waals surface area (Å²) < 4.78 is 0. The monoisotopic (exact) mass is 268 g/mol. The lowest BCUT2D eigenvalue weighted by Gasteiger charge is -1.96. The number of hydrogen-bond donors (Lipinski definition) is 6. The second-order valence-electron chi connectivity index (χ2n) is 3.14. The van der Waals surface area contributed by atoms with Crippen molar-refractivity contribution in [3.8, 4) is 0 Å². The summed E-state index contributed by atoms with van der Waals surface area (Å²) in [7, 11) is 0. The SMILES string of the molecule is Nc1ncc(N)c(N)n1.Nc1ncc(N)c(N)n1.O. The molecule has 0 aliphatic rings. The van der Waals surface area contributed by atoms with Crippen molar-refractivity contribution in [2.24, 2.45) is 0 Å². The largest absolute Gasteiger partial charge is 0.412 e. The Bertz CT molecular complexity index is 496. The van der Waals surface area contributed by atoms with Crippen LogP contribution in [0.1, 0.15) is 0 Å². The van der Waals surface area contributed by atoms with Crippen molar-refractivity contribution in [2.75, 3.05) is 34.4 Å². The summed E-state index contributed by atoms with van der Waals surface area (Å²) in [6, 6.07) is 0. The van der Waals surface area contributed by atoms with Gasteiger partial charge >= 0.3 is 0 Å². The van der Waals surface area contributed by atoms with E-state index in [0.29, 0.717) is 11.4 Å². The first-order valence-corrected chi connectivity index (χ1v) is 4.67. The molecule has 11 nitrogen and oxygen atoms in total. The first-order valence-electron chi connectivity index (χ1n) is 4.67. The maximum absolute atomic E-state index is 5.28. The third-order valence-corrected chi connectivity index (χ3v) is 1.73. The Balaban J connectivity index is 0.000000324. The number of nitrogens with zero attached hydrogens (tertiary/aromatic N) is 4. The normalized spacial score (nSPS) is 8.84. The van der Waals surface area contributed by atoms with Crippen molar-refractivity contribution >= 4 is 34.9 Å². The molecule has 2 heterocycles. The lowest BCUT2D eigenvalue weighted by molar-refractivity contribution is 0.824. The fourth-order valence-corrected chi connectivity index (χ4v) is 0.837. The molecule has 14 N–H and O–H groups in total. The van der Waals surface area contributed by atoms with Crippen LogP contribution >= 0.6 is 0 Å². The van der Waals surface area contributed by atoms with Gasteiger partial charge in [-0.05, 0) is 0 Å². The second-order valence-corrected chi connectivity index (χ2v) is 3.14. The van der Waals surface area contributed by atoms with Crippen LogP contribution < -0.4 is 34.4 Å². The van der Waals surface area contributed by atoms with Crippen LogP contribution in [0, 0.1) is 0 Å². The zero-order valence-electron chi connectivity index (χ0n) is 9.91. The predicted octanol–water partition coefficient (Wildman–Crippen LogP) is -2.38. The molecule has 0 amide bonds. The van der Waals surface area contributed by atoms with Crippen LogP contribution in [0.4, 0.5) is 34.9 Å². The maximum atomic E-state index is 5.28. The molecule has 19 heavy (non-hydrogen) atoms. The highest BCUT2D eigenvalue weighted by Gasteiger charge is 1.94. The quantitative estimate of drug-likeness (QED) is 0.296. The lowest BCUT2D eigenvalue weighted by atomic mass is 10.5. The van der Waals surface area contributed by atoms with Gasteiger partial charge in [0, 0.05) is 0 Å². The highest BCUT2D eigenvalue weighted by atomic mass is 16.0. The van der Waals surface area contributed by atoms with Gasteiger partial charge in [-0.3, -0.25) is 0 Å². The molecule has 0 aliphatic heterocycles. The number of nitrogen functional groups attached to an aromatic ring is 6. The van der Waals surface area contributed by atoms with E-state index in [9.17, 15) is 0 Å². The fraction of sp³-hybridized carbons (Fsp3) is 0. The first-order chi connectivity index (χ1) is 8.40. The molecule has 2 aromatic heterocycles. The van der Waals surface area contributed by atoms with Gasteiger partial charge in [0.05, 0.1) is 23.8 Å². The molecule has 0 saturated heterocycles. The molecule has 0 unspecified atom stereocenters. The molecule has 2 aromatic rings. The molecule has 0 aromatic carbocycles. The smallest absolute Gasteiger partial charge is 0.222 e. The molecule has 11 heteroatoms. The van der Waals surface area contributed by atoms with Gasteiger partial charge in [-0.1, -0.05) is 0 Å². The fourth-order valence-electron chi connectivity index (χ4n) is 0.837. The van der Waals surface area contributed by atoms with Crippen LogP contribution in [0.3, 0.4) is 0 Å². The maximum Gasteiger partial charge on any atom is 0.222 e. The predicted molar refractivity (Wildman–Crippen MR) is 74.2 cm³/mol. The van der Waals surface area contributed by atoms with E-state index in [1.807, 2.05) is 0 Å². The number of nitrogens with two attached hydrogens (primary N) is 6. The van der Waals surface area contributed by atoms with Gasteiger partial charge < -0.3 is 39.9 Å². The molecule has 0 bridgehead atoms. The Kier molecular flexibility index (Phi) is 5.53. The van der Waals surface area contributed by atoms with E-state index in [0.717, 1.165) is 0 Å². The summed E-state index contributed by atoms with van der Waals surface area (Å²) in [5.74, 6) is 0.730. The highest BCUT2D eigenvalue weighted by molar-refractivity contribution is 5.58. The molecular weight excluding hydrogens is 252 g/mol. The Morgan fingerprint density at radius 2 is 0.947 bits per heavy atom. The van der Waals surface area contributed by atoms with Crippen molar-refractivity contribution in [1.82, 2.24) is 19.9 Å². The summed E-state index contributed by atoms with van der Waals surface area (Å²) in [6.07, 6.45) is 2.75. The average molecular weight is 268 g/mol. The second kappa shape index (κ2) is 6.61. The van der Waals surface area contributed by atoms with Gasteiger partial charge in [-0.2, -0.15) is 9.97 Å². The number of hydrogen-bond acceptors (Lipinski definition) is 10. The van der Waals surface area contributed by atoms with Crippen molar-refractivity contribution < 1.29 is 5.48 Å². The van der Waals surface area contributed by atoms with Crippen LogP contribution in [0.5, 0.6) is 0 Å². The van der Waals surface area contributed by atoms with E-state index in [1.165, 1.54) is 12.4 Å². The van der Waals surface area contributed by atoms with Crippen LogP contribution in [-0.2, 0) is 0 Å². The van der Waals surface area contributed by atoms with Crippen LogP contribution in [-0.4, -0.2) is 25.4 Å². The third kappa shape index (κ3) is 4.74. The van der Waals surface area contributed by atoms with Crippen LogP contribution in [0.15, 0.2) is 12.4 Å². The minimum absolute atomic E-state index is 0. The molecule has 0 spiro atoms. The van der Waals surface area contributed by atoms with Gasteiger partial charge in [0.25, 0.3) is 0 Å². The van der Waals surface area contributed by atoms with Gasteiger partial charge in [0.15, 0.2) is 11.6 Å². The van der Waals surface area contributed by atoms with Crippen LogP contribution in [0.25, 0.3) is 0 Å². The average Bonchev–Trinajstić information content (AvgIpc) is 2.30. The Labute approximate surface area is 108 Å². The molecule has 0 radical (unpaired) electrons. The summed E-state index contributed by atoms with van der Waals surface area (Å²) in [6.45, 7) is 0.